The number of carbonyl (C=O) groups is 3. The number of nitrogens with one attached hydrogen (secondary N) is 1. The lowest BCUT2D eigenvalue weighted by Crippen LogP contribution is -2.24. The molecular weight excluding hydrogens is 366 g/mol. The summed E-state index contributed by atoms with van der Waals surface area (Å²) in [7, 11) is 1.80. The summed E-state index contributed by atoms with van der Waals surface area (Å²) in [5.74, 6) is 0.145. The molecule has 1 aromatic carbocycles. The second kappa shape index (κ2) is 13.1. The first-order valence-corrected chi connectivity index (χ1v) is 11.1. The zero-order valence-electron chi connectivity index (χ0n) is 17.7. The van der Waals surface area contributed by atoms with Gasteiger partial charge < -0.3 is 10.1 Å². The highest BCUT2D eigenvalue weighted by molar-refractivity contribution is 6.02. The van der Waals surface area contributed by atoms with E-state index in [1.54, 1.807) is 13.1 Å². The molecule has 5 heteroatoms. The molecule has 160 valence electrons. The second-order valence-electron chi connectivity index (χ2n) is 7.97. The average molecular weight is 402 g/mol. The number of Topliss-reactive ketones (excluding diaryl/α,β-unsaturated/α-hetero) is 2. The Morgan fingerprint density at radius 2 is 1.66 bits per heavy atom. The van der Waals surface area contributed by atoms with Gasteiger partial charge in [0.05, 0.1) is 18.6 Å². The predicted octanol–water partition coefficient (Wildman–Crippen LogP) is 5.33. The van der Waals surface area contributed by atoms with E-state index < -0.39 is 0 Å². The molecule has 0 aliphatic heterocycles. The molecule has 0 aromatic heterocycles. The van der Waals surface area contributed by atoms with Crippen LogP contribution in [0.2, 0.25) is 0 Å². The predicted molar refractivity (Wildman–Crippen MR) is 115 cm³/mol. The van der Waals surface area contributed by atoms with Crippen molar-refractivity contribution in [1.29, 1.82) is 0 Å². The van der Waals surface area contributed by atoms with Gasteiger partial charge in [-0.3, -0.25) is 9.59 Å². The molecule has 1 unspecified atom stereocenters. The molecular formula is C24H35NO4. The van der Waals surface area contributed by atoms with Crippen molar-refractivity contribution >= 4 is 23.2 Å². The number of anilines is 1. The van der Waals surface area contributed by atoms with Gasteiger partial charge in [0.15, 0.2) is 0 Å². The molecule has 0 heterocycles. The van der Waals surface area contributed by atoms with Crippen molar-refractivity contribution in [3.05, 3.63) is 29.8 Å². The molecule has 1 saturated carbocycles. The summed E-state index contributed by atoms with van der Waals surface area (Å²) in [5, 5.41) is 3.01. The van der Waals surface area contributed by atoms with Gasteiger partial charge in [-0.25, -0.2) is 4.79 Å². The molecule has 1 atom stereocenters. The van der Waals surface area contributed by atoms with E-state index in [4.69, 9.17) is 4.74 Å². The van der Waals surface area contributed by atoms with Gasteiger partial charge in [0, 0.05) is 25.1 Å². The van der Waals surface area contributed by atoms with E-state index in [-0.39, 0.29) is 29.9 Å². The van der Waals surface area contributed by atoms with E-state index in [1.807, 2.05) is 18.2 Å². The lowest BCUT2D eigenvalue weighted by molar-refractivity contribution is -0.132. The number of esters is 1. The summed E-state index contributed by atoms with van der Waals surface area (Å²) in [5.41, 5.74) is 1.37. The Labute approximate surface area is 174 Å². The van der Waals surface area contributed by atoms with Crippen LogP contribution in [0.15, 0.2) is 24.3 Å². The van der Waals surface area contributed by atoms with Crippen LogP contribution < -0.4 is 5.32 Å². The Morgan fingerprint density at radius 3 is 2.34 bits per heavy atom. The molecule has 2 rings (SSSR count). The summed E-state index contributed by atoms with van der Waals surface area (Å²) in [6, 6.07) is 7.37. The van der Waals surface area contributed by atoms with Gasteiger partial charge in [-0.05, 0) is 31.4 Å². The van der Waals surface area contributed by atoms with Crippen LogP contribution in [0.25, 0.3) is 0 Å². The summed E-state index contributed by atoms with van der Waals surface area (Å²) in [6.45, 7) is 0.467. The highest BCUT2D eigenvalue weighted by Gasteiger charge is 2.26. The van der Waals surface area contributed by atoms with Crippen LogP contribution in [0.5, 0.6) is 0 Å². The number of unbranched alkanes of at least 4 members (excludes halogenated alkanes) is 7. The largest absolute Gasteiger partial charge is 0.462 e. The van der Waals surface area contributed by atoms with Gasteiger partial charge in [0.2, 0.25) is 0 Å². The number of hydrogen-bond donors (Lipinski definition) is 1. The van der Waals surface area contributed by atoms with Gasteiger partial charge >= 0.3 is 5.97 Å². The number of benzene rings is 1. The summed E-state index contributed by atoms with van der Waals surface area (Å²) in [4.78, 5) is 35.1. The van der Waals surface area contributed by atoms with Gasteiger partial charge in [-0.2, -0.15) is 0 Å². The van der Waals surface area contributed by atoms with Crippen molar-refractivity contribution in [2.75, 3.05) is 19.0 Å². The minimum Gasteiger partial charge on any atom is -0.462 e. The molecule has 0 radical (unpaired) electrons. The van der Waals surface area contributed by atoms with E-state index in [2.05, 4.69) is 5.32 Å². The minimum absolute atomic E-state index is 0.115. The van der Waals surface area contributed by atoms with E-state index in [9.17, 15) is 14.4 Å². The smallest absolute Gasteiger partial charge is 0.340 e. The Bertz CT molecular complexity index is 671. The van der Waals surface area contributed by atoms with Gasteiger partial charge in [-0.15, -0.1) is 0 Å². The first-order chi connectivity index (χ1) is 14.1. The van der Waals surface area contributed by atoms with Crippen molar-refractivity contribution in [3.8, 4) is 0 Å². The maximum absolute atomic E-state index is 12.1. The SMILES string of the molecule is CNc1ccccc1C(=O)OCCCCCCCCCCC1CCC(=O)CC1=O. The average Bonchev–Trinajstić information content (AvgIpc) is 2.73. The maximum Gasteiger partial charge on any atom is 0.340 e. The van der Waals surface area contributed by atoms with Gasteiger partial charge in [0.1, 0.15) is 11.6 Å². The molecule has 5 nitrogen and oxygen atoms in total. The fourth-order valence-corrected chi connectivity index (χ4v) is 3.90. The molecule has 1 N–H and O–H groups in total. The number of para-hydroxylation sites is 1. The lowest BCUT2D eigenvalue weighted by Gasteiger charge is -2.19. The Balaban J connectivity index is 1.42. The maximum atomic E-state index is 12.1. The summed E-state index contributed by atoms with van der Waals surface area (Å²) >= 11 is 0. The number of ketones is 2. The van der Waals surface area contributed by atoms with E-state index >= 15 is 0 Å². The van der Waals surface area contributed by atoms with Crippen molar-refractivity contribution in [2.45, 2.75) is 77.0 Å². The number of rotatable bonds is 13. The van der Waals surface area contributed by atoms with Crippen LogP contribution in [0.3, 0.4) is 0 Å². The zero-order valence-corrected chi connectivity index (χ0v) is 17.7. The third-order valence-corrected chi connectivity index (χ3v) is 5.69. The molecule has 1 aliphatic carbocycles. The quantitative estimate of drug-likeness (QED) is 0.275. The van der Waals surface area contributed by atoms with Crippen LogP contribution in [0, 0.1) is 5.92 Å². The number of ether oxygens (including phenoxy) is 1. The molecule has 1 aliphatic rings. The monoisotopic (exact) mass is 401 g/mol. The third-order valence-electron chi connectivity index (χ3n) is 5.69. The third kappa shape index (κ3) is 8.38. The molecule has 0 amide bonds. The fourth-order valence-electron chi connectivity index (χ4n) is 3.90. The highest BCUT2D eigenvalue weighted by atomic mass is 16.5. The Hall–Kier alpha value is -2.17. The highest BCUT2D eigenvalue weighted by Crippen LogP contribution is 2.24. The molecule has 1 aromatic rings. The molecule has 0 spiro atoms. The topological polar surface area (TPSA) is 72.5 Å². The summed E-state index contributed by atoms with van der Waals surface area (Å²) < 4.78 is 5.38. The van der Waals surface area contributed by atoms with Crippen LogP contribution >= 0.6 is 0 Å². The van der Waals surface area contributed by atoms with Crippen LogP contribution in [0.4, 0.5) is 5.69 Å². The van der Waals surface area contributed by atoms with Crippen molar-refractivity contribution in [1.82, 2.24) is 0 Å². The molecule has 0 saturated heterocycles. The lowest BCUT2D eigenvalue weighted by atomic mass is 9.84. The normalized spacial score (nSPS) is 16.7. The van der Waals surface area contributed by atoms with E-state index in [0.717, 1.165) is 44.2 Å². The first-order valence-electron chi connectivity index (χ1n) is 11.1. The van der Waals surface area contributed by atoms with Crippen molar-refractivity contribution < 1.29 is 19.1 Å². The van der Waals surface area contributed by atoms with Gasteiger partial charge in [-0.1, -0.05) is 57.1 Å². The van der Waals surface area contributed by atoms with E-state index in [1.165, 1.54) is 25.7 Å². The Morgan fingerprint density at radius 1 is 1.00 bits per heavy atom. The molecule has 1 fully saturated rings. The first kappa shape index (κ1) is 23.1. The Kier molecular flexibility index (Phi) is 10.5. The van der Waals surface area contributed by atoms with Gasteiger partial charge in [0.25, 0.3) is 0 Å². The van der Waals surface area contributed by atoms with Crippen molar-refractivity contribution in [3.63, 3.8) is 0 Å². The second-order valence-corrected chi connectivity index (χ2v) is 7.97. The molecule has 0 bridgehead atoms. The molecule has 29 heavy (non-hydrogen) atoms. The fraction of sp³-hybridized carbons (Fsp3) is 0.625. The van der Waals surface area contributed by atoms with Crippen LogP contribution in [-0.4, -0.2) is 31.2 Å². The zero-order chi connectivity index (χ0) is 20.9. The standard InChI is InChI=1S/C24H35NO4/c1-25-22-14-10-9-13-21(22)24(28)29-17-11-7-5-3-2-4-6-8-12-19-15-16-20(26)18-23(19)27/h9-10,13-14,19,25H,2-8,11-12,15-18H2,1H3. The van der Waals surface area contributed by atoms with E-state index in [0.29, 0.717) is 18.6 Å². The van der Waals surface area contributed by atoms with Crippen LogP contribution in [-0.2, 0) is 14.3 Å². The minimum atomic E-state index is -0.268. The number of hydrogen-bond acceptors (Lipinski definition) is 5. The van der Waals surface area contributed by atoms with Crippen LogP contribution in [0.1, 0.15) is 87.4 Å². The summed E-state index contributed by atoms with van der Waals surface area (Å²) in [6.07, 6.45) is 11.5. The number of carbonyl (C=O) groups excluding carboxylic acids is 3. The van der Waals surface area contributed by atoms with Crippen molar-refractivity contribution in [2.24, 2.45) is 5.92 Å².